The van der Waals surface area contributed by atoms with E-state index in [2.05, 4.69) is 15.5 Å². The third-order valence-electron chi connectivity index (χ3n) is 6.63. The highest BCUT2D eigenvalue weighted by atomic mass is 16.5. The van der Waals surface area contributed by atoms with Gasteiger partial charge in [0.25, 0.3) is 0 Å². The van der Waals surface area contributed by atoms with Crippen molar-refractivity contribution in [2.24, 2.45) is 17.8 Å². The Morgan fingerprint density at radius 1 is 1.04 bits per heavy atom. The van der Waals surface area contributed by atoms with Gasteiger partial charge in [-0.2, -0.15) is 0 Å². The Morgan fingerprint density at radius 2 is 1.58 bits per heavy atom. The Hall–Kier alpha value is -1.14. The van der Waals surface area contributed by atoms with Gasteiger partial charge in [0, 0.05) is 18.6 Å². The number of rotatable bonds is 3. The van der Waals surface area contributed by atoms with Gasteiger partial charge in [0.2, 0.25) is 5.91 Å². The molecule has 1 heterocycles. The molecule has 0 aromatic rings. The molecule has 5 aliphatic rings. The summed E-state index contributed by atoms with van der Waals surface area (Å²) in [4.78, 5) is 26.9. The number of carbonyl (C=O) groups is 2. The molecule has 4 saturated carbocycles. The first-order valence-electron chi connectivity index (χ1n) is 9.48. The molecule has 134 valence electrons. The maximum absolute atomic E-state index is 12.4. The highest BCUT2D eigenvalue weighted by Crippen LogP contribution is 2.55. The van der Waals surface area contributed by atoms with E-state index in [1.54, 1.807) is 0 Å². The monoisotopic (exact) mass is 335 g/mol. The quantitative estimate of drug-likeness (QED) is 0.820. The molecule has 4 bridgehead atoms. The number of nitrogens with one attached hydrogen (secondary N) is 2. The lowest BCUT2D eigenvalue weighted by molar-refractivity contribution is -0.126. The lowest BCUT2D eigenvalue weighted by Gasteiger charge is -2.56. The topological polar surface area (TPSA) is 70.7 Å². The third kappa shape index (κ3) is 3.18. The minimum Gasteiger partial charge on any atom is -0.379 e. The number of urea groups is 1. The van der Waals surface area contributed by atoms with Gasteiger partial charge in [-0.25, -0.2) is 4.79 Å². The maximum atomic E-state index is 12.4. The van der Waals surface area contributed by atoms with Gasteiger partial charge >= 0.3 is 6.03 Å². The van der Waals surface area contributed by atoms with E-state index in [-0.39, 0.29) is 23.5 Å². The number of carbonyl (C=O) groups excluding carboxylic acids is 2. The molecule has 1 aliphatic heterocycles. The first-order chi connectivity index (χ1) is 11.5. The van der Waals surface area contributed by atoms with Crippen molar-refractivity contribution < 1.29 is 14.3 Å². The molecule has 0 radical (unpaired) electrons. The van der Waals surface area contributed by atoms with Crippen molar-refractivity contribution in [2.75, 3.05) is 26.3 Å². The van der Waals surface area contributed by atoms with Gasteiger partial charge in [-0.05, 0) is 63.2 Å². The molecule has 3 amide bonds. The Kier molecular flexibility index (Phi) is 4.29. The van der Waals surface area contributed by atoms with Crippen molar-refractivity contribution in [3.05, 3.63) is 0 Å². The number of hydrogen-bond acceptors (Lipinski definition) is 4. The van der Waals surface area contributed by atoms with Crippen molar-refractivity contribution in [3.8, 4) is 0 Å². The summed E-state index contributed by atoms with van der Waals surface area (Å²) in [5.41, 5.74) is -0.0543. The summed E-state index contributed by atoms with van der Waals surface area (Å²) >= 11 is 0. The summed E-state index contributed by atoms with van der Waals surface area (Å²) < 4.78 is 5.32. The van der Waals surface area contributed by atoms with Gasteiger partial charge < -0.3 is 10.1 Å². The van der Waals surface area contributed by atoms with E-state index in [9.17, 15) is 9.59 Å². The smallest absolute Gasteiger partial charge is 0.321 e. The lowest BCUT2D eigenvalue weighted by Crippen LogP contribution is -2.62. The number of amides is 3. The van der Waals surface area contributed by atoms with Crippen LogP contribution in [0.2, 0.25) is 0 Å². The molecule has 6 heteroatoms. The number of nitrogens with zero attached hydrogens (tertiary/aromatic N) is 1. The molecule has 0 spiro atoms. The summed E-state index contributed by atoms with van der Waals surface area (Å²) in [5, 5.41) is 5.78. The van der Waals surface area contributed by atoms with Crippen LogP contribution in [0.1, 0.15) is 45.4 Å². The molecule has 0 aromatic carbocycles. The second-order valence-electron chi connectivity index (χ2n) is 8.47. The molecule has 4 aliphatic carbocycles. The SMILES string of the molecule is CC(C(=O)NC(=O)NC12CC3CC(CC(C3)C1)C2)N1CCOCC1. The van der Waals surface area contributed by atoms with Crippen molar-refractivity contribution in [3.63, 3.8) is 0 Å². The highest BCUT2D eigenvalue weighted by molar-refractivity contribution is 5.97. The Bertz CT molecular complexity index is 480. The fourth-order valence-electron chi connectivity index (χ4n) is 5.88. The average Bonchev–Trinajstić information content (AvgIpc) is 2.53. The van der Waals surface area contributed by atoms with E-state index < -0.39 is 0 Å². The zero-order valence-corrected chi connectivity index (χ0v) is 14.6. The highest BCUT2D eigenvalue weighted by Gasteiger charge is 2.51. The standard InChI is InChI=1S/C18H29N3O3/c1-12(21-2-4-24-5-3-21)16(22)19-17(23)20-18-9-13-6-14(10-18)8-15(7-13)11-18/h12-15H,2-11H2,1H3,(H2,19,20,22,23). The number of imide groups is 1. The van der Waals surface area contributed by atoms with Crippen molar-refractivity contribution >= 4 is 11.9 Å². The molecule has 5 rings (SSSR count). The zero-order chi connectivity index (χ0) is 16.7. The minimum atomic E-state index is -0.304. The summed E-state index contributed by atoms with van der Waals surface area (Å²) in [5.74, 6) is 2.12. The largest absolute Gasteiger partial charge is 0.379 e. The van der Waals surface area contributed by atoms with E-state index >= 15 is 0 Å². The van der Waals surface area contributed by atoms with Gasteiger partial charge in [-0.1, -0.05) is 0 Å². The van der Waals surface area contributed by atoms with Gasteiger partial charge in [0.05, 0.1) is 19.3 Å². The number of morpholine rings is 1. The fourth-order valence-corrected chi connectivity index (χ4v) is 5.88. The van der Waals surface area contributed by atoms with Crippen molar-refractivity contribution in [1.82, 2.24) is 15.5 Å². The average molecular weight is 335 g/mol. The molecular weight excluding hydrogens is 306 g/mol. The minimum absolute atomic E-state index is 0.0543. The zero-order valence-electron chi connectivity index (χ0n) is 14.6. The van der Waals surface area contributed by atoms with Crippen LogP contribution in [0.3, 0.4) is 0 Å². The van der Waals surface area contributed by atoms with Crippen LogP contribution in [0.5, 0.6) is 0 Å². The summed E-state index contributed by atoms with van der Waals surface area (Å²) in [6.07, 6.45) is 7.32. The van der Waals surface area contributed by atoms with E-state index in [0.29, 0.717) is 13.2 Å². The van der Waals surface area contributed by atoms with Crippen LogP contribution in [0, 0.1) is 17.8 Å². The van der Waals surface area contributed by atoms with Crippen LogP contribution >= 0.6 is 0 Å². The van der Waals surface area contributed by atoms with Crippen LogP contribution in [-0.2, 0) is 9.53 Å². The van der Waals surface area contributed by atoms with E-state index in [1.807, 2.05) is 6.92 Å². The molecule has 0 aromatic heterocycles. The van der Waals surface area contributed by atoms with Crippen LogP contribution < -0.4 is 10.6 Å². The molecule has 1 atom stereocenters. The second kappa shape index (κ2) is 6.30. The van der Waals surface area contributed by atoms with Gasteiger partial charge in [-0.3, -0.25) is 15.0 Å². The Labute approximate surface area is 143 Å². The van der Waals surface area contributed by atoms with Crippen LogP contribution in [0.4, 0.5) is 4.79 Å². The third-order valence-corrected chi connectivity index (χ3v) is 6.63. The number of hydrogen-bond donors (Lipinski definition) is 2. The number of ether oxygens (including phenoxy) is 1. The van der Waals surface area contributed by atoms with Gasteiger partial charge in [0.15, 0.2) is 0 Å². The van der Waals surface area contributed by atoms with Gasteiger partial charge in [0.1, 0.15) is 0 Å². The van der Waals surface area contributed by atoms with Crippen molar-refractivity contribution in [1.29, 1.82) is 0 Å². The summed E-state index contributed by atoms with van der Waals surface area (Å²) in [6, 6.07) is -0.599. The molecule has 2 N–H and O–H groups in total. The first-order valence-corrected chi connectivity index (χ1v) is 9.48. The van der Waals surface area contributed by atoms with Gasteiger partial charge in [-0.15, -0.1) is 0 Å². The Balaban J connectivity index is 1.32. The predicted molar refractivity (Wildman–Crippen MR) is 89.4 cm³/mol. The molecular formula is C18H29N3O3. The van der Waals surface area contributed by atoms with Crippen LogP contribution in [0.15, 0.2) is 0 Å². The lowest BCUT2D eigenvalue weighted by atomic mass is 9.53. The molecule has 5 fully saturated rings. The predicted octanol–water partition coefficient (Wildman–Crippen LogP) is 1.50. The normalized spacial score (nSPS) is 39.5. The van der Waals surface area contributed by atoms with Crippen LogP contribution in [0.25, 0.3) is 0 Å². The summed E-state index contributed by atoms with van der Waals surface area (Å²) in [6.45, 7) is 4.64. The van der Waals surface area contributed by atoms with E-state index in [4.69, 9.17) is 4.74 Å². The van der Waals surface area contributed by atoms with Crippen molar-refractivity contribution in [2.45, 2.75) is 57.0 Å². The molecule has 6 nitrogen and oxygen atoms in total. The first kappa shape index (κ1) is 16.3. The summed E-state index contributed by atoms with van der Waals surface area (Å²) in [7, 11) is 0. The molecule has 24 heavy (non-hydrogen) atoms. The van der Waals surface area contributed by atoms with E-state index in [0.717, 1.165) is 50.1 Å². The maximum Gasteiger partial charge on any atom is 0.321 e. The van der Waals surface area contributed by atoms with Crippen LogP contribution in [-0.4, -0.2) is 54.7 Å². The Morgan fingerprint density at radius 3 is 2.12 bits per heavy atom. The molecule has 1 unspecified atom stereocenters. The molecule has 1 saturated heterocycles. The van der Waals surface area contributed by atoms with E-state index in [1.165, 1.54) is 19.3 Å². The second-order valence-corrected chi connectivity index (χ2v) is 8.47. The fraction of sp³-hybridized carbons (Fsp3) is 0.889.